The van der Waals surface area contributed by atoms with Gasteiger partial charge in [0, 0.05) is 0 Å². The van der Waals surface area contributed by atoms with Crippen LogP contribution in [0.5, 0.6) is 0 Å². The maximum atomic E-state index is 4.71. The zero-order chi connectivity index (χ0) is 17.6. The van der Waals surface area contributed by atoms with Gasteiger partial charge >= 0.3 is 0 Å². The van der Waals surface area contributed by atoms with Crippen LogP contribution in [0.3, 0.4) is 0 Å². The van der Waals surface area contributed by atoms with Gasteiger partial charge in [-0.05, 0) is 18.9 Å². The van der Waals surface area contributed by atoms with Crippen molar-refractivity contribution in [3.8, 4) is 0 Å². The van der Waals surface area contributed by atoms with E-state index in [4.69, 9.17) is 4.89 Å². The Morgan fingerprint density at radius 3 is 1.42 bits per heavy atom. The molecule has 2 nitrogen and oxygen atoms in total. The molecule has 0 aliphatic carbocycles. The zero-order valence-electron chi connectivity index (χ0n) is 16.3. The Labute approximate surface area is 151 Å². The second kappa shape index (κ2) is 22.1. The average Bonchev–Trinajstić information content (AvgIpc) is 2.60. The van der Waals surface area contributed by atoms with Crippen LogP contribution in [-0.2, 0) is 9.78 Å². The molecule has 0 heterocycles. The first-order valence-corrected chi connectivity index (χ1v) is 10.5. The molecule has 24 heavy (non-hydrogen) atoms. The molecule has 0 amide bonds. The van der Waals surface area contributed by atoms with Crippen molar-refractivity contribution in [1.82, 2.24) is 0 Å². The summed E-state index contributed by atoms with van der Waals surface area (Å²) < 4.78 is 0. The van der Waals surface area contributed by atoms with Crippen LogP contribution in [-0.4, -0.2) is 0 Å². The topological polar surface area (TPSA) is 18.5 Å². The van der Waals surface area contributed by atoms with Crippen molar-refractivity contribution in [2.45, 2.75) is 116 Å². The van der Waals surface area contributed by atoms with Crippen LogP contribution >= 0.6 is 0 Å². The minimum absolute atomic E-state index is 1.07. The van der Waals surface area contributed by atoms with Crippen LogP contribution in [0.25, 0.3) is 0 Å². The van der Waals surface area contributed by atoms with E-state index in [9.17, 15) is 0 Å². The molecular weight excluding hydrogens is 296 g/mol. The van der Waals surface area contributed by atoms with E-state index in [1.165, 1.54) is 109 Å². The van der Waals surface area contributed by atoms with Crippen molar-refractivity contribution >= 4 is 0 Å². The molecule has 0 aromatic rings. The predicted octanol–water partition coefficient (Wildman–Crippen LogP) is 8.24. The molecule has 0 saturated carbocycles. The molecule has 0 aromatic heterocycles. The van der Waals surface area contributed by atoms with Crippen molar-refractivity contribution in [3.63, 3.8) is 0 Å². The van der Waals surface area contributed by atoms with E-state index in [-0.39, 0.29) is 0 Å². The summed E-state index contributed by atoms with van der Waals surface area (Å²) in [6, 6.07) is 0. The van der Waals surface area contributed by atoms with Gasteiger partial charge in [-0.1, -0.05) is 110 Å². The Bertz CT molecular complexity index is 261. The van der Waals surface area contributed by atoms with Crippen molar-refractivity contribution in [2.24, 2.45) is 0 Å². The second-order valence-corrected chi connectivity index (χ2v) is 6.82. The molecule has 0 fully saturated rings. The van der Waals surface area contributed by atoms with Crippen LogP contribution in [0, 0.1) is 0 Å². The van der Waals surface area contributed by atoms with Crippen molar-refractivity contribution in [2.75, 3.05) is 0 Å². The van der Waals surface area contributed by atoms with E-state index in [2.05, 4.69) is 18.4 Å². The molecule has 0 rings (SSSR count). The highest BCUT2D eigenvalue weighted by atomic mass is 17.2. The smallest absolute Gasteiger partial charge is 0.138 e. The third kappa shape index (κ3) is 21.1. The molecular formula is C22H42O2. The van der Waals surface area contributed by atoms with Gasteiger partial charge in [-0.15, -0.1) is 0 Å². The molecule has 0 radical (unpaired) electrons. The second-order valence-electron chi connectivity index (χ2n) is 6.82. The quantitative estimate of drug-likeness (QED) is 0.0962. The van der Waals surface area contributed by atoms with Gasteiger partial charge in [0.2, 0.25) is 0 Å². The monoisotopic (exact) mass is 338 g/mol. The SMILES string of the molecule is C=COOC=CCCCCCCCCCCCCCCCCCC. The lowest BCUT2D eigenvalue weighted by Crippen LogP contribution is -1.83. The lowest BCUT2D eigenvalue weighted by molar-refractivity contribution is -0.195. The van der Waals surface area contributed by atoms with Crippen molar-refractivity contribution in [1.29, 1.82) is 0 Å². The van der Waals surface area contributed by atoms with Gasteiger partial charge in [0.15, 0.2) is 0 Å². The molecule has 2 heteroatoms. The minimum atomic E-state index is 1.07. The van der Waals surface area contributed by atoms with Crippen LogP contribution in [0.15, 0.2) is 25.2 Å². The maximum absolute atomic E-state index is 4.71. The lowest BCUT2D eigenvalue weighted by Gasteiger charge is -2.03. The van der Waals surface area contributed by atoms with Gasteiger partial charge in [-0.25, -0.2) is 0 Å². The first-order valence-electron chi connectivity index (χ1n) is 10.5. The van der Waals surface area contributed by atoms with Crippen LogP contribution in [0.4, 0.5) is 0 Å². The maximum Gasteiger partial charge on any atom is 0.138 e. The molecule has 0 aliphatic heterocycles. The van der Waals surface area contributed by atoms with Crippen molar-refractivity contribution in [3.05, 3.63) is 25.2 Å². The number of rotatable bonds is 20. The minimum Gasteiger partial charge on any atom is -0.299 e. The number of unbranched alkanes of at least 4 members (excludes halogenated alkanes) is 16. The Hall–Kier alpha value is -0.920. The number of hydrogen-bond donors (Lipinski definition) is 0. The van der Waals surface area contributed by atoms with E-state index >= 15 is 0 Å². The Kier molecular flexibility index (Phi) is 21.2. The fraction of sp³-hybridized carbons (Fsp3) is 0.818. The van der Waals surface area contributed by atoms with Gasteiger partial charge in [-0.3, -0.25) is 9.78 Å². The van der Waals surface area contributed by atoms with Crippen molar-refractivity contribution < 1.29 is 9.78 Å². The molecule has 0 saturated heterocycles. The normalized spacial score (nSPS) is 11.0. The lowest BCUT2D eigenvalue weighted by atomic mass is 10.0. The standard InChI is InChI=1S/C22H42O2/c1-3-5-6-7-8-9-10-11-12-13-14-15-16-17-18-19-20-21-22-24-23-4-2/h4,21-22H,2-3,5-20H2,1H3. The van der Waals surface area contributed by atoms with Gasteiger partial charge < -0.3 is 0 Å². The van der Waals surface area contributed by atoms with E-state index in [0.717, 1.165) is 6.42 Å². The van der Waals surface area contributed by atoms with E-state index in [1.807, 2.05) is 6.08 Å². The summed E-state index contributed by atoms with van der Waals surface area (Å²) in [4.78, 5) is 9.26. The first-order chi connectivity index (χ1) is 11.9. The highest BCUT2D eigenvalue weighted by molar-refractivity contribution is 4.72. The molecule has 0 aromatic carbocycles. The fourth-order valence-corrected chi connectivity index (χ4v) is 2.99. The summed E-state index contributed by atoms with van der Waals surface area (Å²) in [6.07, 6.45) is 28.6. The Morgan fingerprint density at radius 1 is 0.583 bits per heavy atom. The summed E-state index contributed by atoms with van der Waals surface area (Å²) in [5.74, 6) is 0. The highest BCUT2D eigenvalue weighted by Crippen LogP contribution is 2.14. The van der Waals surface area contributed by atoms with Gasteiger partial charge in [0.05, 0.1) is 0 Å². The Balaban J connectivity index is 3.00. The van der Waals surface area contributed by atoms with Gasteiger partial charge in [0.1, 0.15) is 12.5 Å². The van der Waals surface area contributed by atoms with Gasteiger partial charge in [0.25, 0.3) is 0 Å². The molecule has 0 aliphatic rings. The molecule has 0 atom stereocenters. The number of hydrogen-bond acceptors (Lipinski definition) is 2. The average molecular weight is 339 g/mol. The molecule has 0 bridgehead atoms. The summed E-state index contributed by atoms with van der Waals surface area (Å²) in [7, 11) is 0. The van der Waals surface area contributed by atoms with Crippen LogP contribution in [0.2, 0.25) is 0 Å². The fourth-order valence-electron chi connectivity index (χ4n) is 2.99. The molecule has 0 unspecified atom stereocenters. The van der Waals surface area contributed by atoms with Gasteiger partial charge in [-0.2, -0.15) is 0 Å². The largest absolute Gasteiger partial charge is 0.299 e. The highest BCUT2D eigenvalue weighted by Gasteiger charge is 1.94. The Morgan fingerprint density at radius 2 is 1.00 bits per heavy atom. The first kappa shape index (κ1) is 23.1. The summed E-state index contributed by atoms with van der Waals surface area (Å²) in [5.41, 5.74) is 0. The zero-order valence-corrected chi connectivity index (χ0v) is 16.3. The van der Waals surface area contributed by atoms with E-state index < -0.39 is 0 Å². The van der Waals surface area contributed by atoms with E-state index in [0.29, 0.717) is 0 Å². The third-order valence-corrected chi connectivity index (χ3v) is 4.50. The number of allylic oxidation sites excluding steroid dienone is 1. The summed E-state index contributed by atoms with van der Waals surface area (Å²) in [5, 5.41) is 0. The molecule has 0 N–H and O–H groups in total. The molecule has 0 spiro atoms. The van der Waals surface area contributed by atoms with Crippen LogP contribution in [0.1, 0.15) is 116 Å². The van der Waals surface area contributed by atoms with Crippen LogP contribution < -0.4 is 0 Å². The third-order valence-electron chi connectivity index (χ3n) is 4.50. The molecule has 142 valence electrons. The summed E-state index contributed by atoms with van der Waals surface area (Å²) >= 11 is 0. The summed E-state index contributed by atoms with van der Waals surface area (Å²) in [6.45, 7) is 5.69. The van der Waals surface area contributed by atoms with E-state index in [1.54, 1.807) is 6.26 Å². The predicted molar refractivity (Wildman–Crippen MR) is 106 cm³/mol.